The molecule has 8 nitrogen and oxygen atoms in total. The van der Waals surface area contributed by atoms with Crippen LogP contribution in [0.25, 0.3) is 0 Å². The zero-order valence-electron chi connectivity index (χ0n) is 16.3. The largest absolute Gasteiger partial charge is 0.345 e. The van der Waals surface area contributed by atoms with Crippen LogP contribution in [0.1, 0.15) is 40.8 Å². The summed E-state index contributed by atoms with van der Waals surface area (Å²) in [6.45, 7) is 1.68. The van der Waals surface area contributed by atoms with Gasteiger partial charge in [0.2, 0.25) is 0 Å². The predicted octanol–water partition coefficient (Wildman–Crippen LogP) is 3.27. The number of amides is 1. The number of nitrogens with one attached hydrogen (secondary N) is 2. The molecule has 0 radical (unpaired) electrons. The van der Waals surface area contributed by atoms with E-state index >= 15 is 0 Å². The molecular formula is C21H21N7OS. The van der Waals surface area contributed by atoms with E-state index in [-0.39, 0.29) is 11.9 Å². The Kier molecular flexibility index (Phi) is 6.27. The lowest BCUT2D eigenvalue weighted by Crippen LogP contribution is -2.24. The standard InChI is InChI=1S/C21H21N7OS/c22-9-12-28-11-4-7-18(28)16-6-3-8-19(25-16)27-21-26-17(14-30-21)20(29)24-13-15-5-1-2-10-23-15/h1-3,5-6,8,10,14,18H,4,7,11-13H2,(H,24,29)(H,25,26,27)/t18-/m0/s1. The van der Waals surface area contributed by atoms with Gasteiger partial charge in [0.25, 0.3) is 5.91 Å². The zero-order chi connectivity index (χ0) is 20.8. The van der Waals surface area contributed by atoms with Crippen molar-refractivity contribution in [3.05, 3.63) is 65.1 Å². The van der Waals surface area contributed by atoms with Crippen LogP contribution in [0.15, 0.2) is 48.0 Å². The second-order valence-corrected chi connectivity index (χ2v) is 7.76. The van der Waals surface area contributed by atoms with Gasteiger partial charge in [-0.1, -0.05) is 12.1 Å². The van der Waals surface area contributed by atoms with Crippen LogP contribution in [-0.2, 0) is 6.54 Å². The monoisotopic (exact) mass is 419 g/mol. The maximum Gasteiger partial charge on any atom is 0.271 e. The lowest BCUT2D eigenvalue weighted by atomic mass is 10.1. The first kappa shape index (κ1) is 19.9. The molecule has 4 rings (SSSR count). The minimum atomic E-state index is -0.246. The second kappa shape index (κ2) is 9.43. The Morgan fingerprint density at radius 3 is 3.03 bits per heavy atom. The van der Waals surface area contributed by atoms with Crippen molar-refractivity contribution >= 4 is 28.2 Å². The summed E-state index contributed by atoms with van der Waals surface area (Å²) in [4.78, 5) is 27.8. The van der Waals surface area contributed by atoms with Gasteiger partial charge < -0.3 is 10.6 Å². The van der Waals surface area contributed by atoms with Crippen LogP contribution >= 0.6 is 11.3 Å². The highest BCUT2D eigenvalue weighted by Gasteiger charge is 2.26. The number of carbonyl (C=O) groups excluding carboxylic acids is 1. The van der Waals surface area contributed by atoms with Crippen molar-refractivity contribution in [3.63, 3.8) is 0 Å². The van der Waals surface area contributed by atoms with E-state index in [1.54, 1.807) is 11.6 Å². The van der Waals surface area contributed by atoms with Gasteiger partial charge in [0.05, 0.1) is 36.6 Å². The van der Waals surface area contributed by atoms with E-state index < -0.39 is 0 Å². The van der Waals surface area contributed by atoms with Crippen molar-refractivity contribution in [2.75, 3.05) is 18.4 Å². The van der Waals surface area contributed by atoms with Gasteiger partial charge in [0.15, 0.2) is 5.13 Å². The molecule has 1 amide bonds. The first-order chi connectivity index (χ1) is 14.7. The molecule has 3 aromatic heterocycles. The Bertz CT molecular complexity index is 1050. The third kappa shape index (κ3) is 4.79. The number of rotatable bonds is 7. The molecule has 3 aromatic rings. The Morgan fingerprint density at radius 1 is 1.27 bits per heavy atom. The Hall–Kier alpha value is -3.35. The molecule has 0 saturated carbocycles. The summed E-state index contributed by atoms with van der Waals surface area (Å²) in [5.74, 6) is 0.427. The highest BCUT2D eigenvalue weighted by Crippen LogP contribution is 2.31. The van der Waals surface area contributed by atoms with Gasteiger partial charge in [-0.3, -0.25) is 14.7 Å². The topological polar surface area (TPSA) is 107 Å². The number of likely N-dealkylation sites (tertiary alicyclic amines) is 1. The van der Waals surface area contributed by atoms with Gasteiger partial charge >= 0.3 is 0 Å². The van der Waals surface area contributed by atoms with Crippen LogP contribution in [0, 0.1) is 11.3 Å². The second-order valence-electron chi connectivity index (χ2n) is 6.90. The quantitative estimate of drug-likeness (QED) is 0.566. The molecule has 1 atom stereocenters. The average Bonchev–Trinajstić information content (AvgIpc) is 3.43. The van der Waals surface area contributed by atoms with Crippen LogP contribution in [-0.4, -0.2) is 38.8 Å². The van der Waals surface area contributed by atoms with Crippen molar-refractivity contribution in [3.8, 4) is 6.07 Å². The third-order valence-electron chi connectivity index (χ3n) is 4.88. The molecule has 4 heterocycles. The number of nitrogens with zero attached hydrogens (tertiary/aromatic N) is 5. The summed E-state index contributed by atoms with van der Waals surface area (Å²) >= 11 is 1.35. The molecule has 1 saturated heterocycles. The number of hydrogen-bond donors (Lipinski definition) is 2. The number of thiazole rings is 1. The Labute approximate surface area is 178 Å². The average molecular weight is 420 g/mol. The number of anilines is 2. The molecule has 0 spiro atoms. The van der Waals surface area contributed by atoms with Gasteiger partial charge in [0.1, 0.15) is 11.5 Å². The fraction of sp³-hybridized carbons (Fsp3) is 0.286. The first-order valence-corrected chi connectivity index (χ1v) is 10.6. The van der Waals surface area contributed by atoms with Crippen LogP contribution in [0.4, 0.5) is 10.9 Å². The summed E-state index contributed by atoms with van der Waals surface area (Å²) < 4.78 is 0. The summed E-state index contributed by atoms with van der Waals surface area (Å²) in [5.41, 5.74) is 2.08. The van der Waals surface area contributed by atoms with E-state index in [1.807, 2.05) is 36.4 Å². The Balaban J connectivity index is 1.39. The van der Waals surface area contributed by atoms with E-state index in [4.69, 9.17) is 10.2 Å². The van der Waals surface area contributed by atoms with Gasteiger partial charge in [-0.05, 0) is 43.7 Å². The summed E-state index contributed by atoms with van der Waals surface area (Å²) in [7, 11) is 0. The minimum absolute atomic E-state index is 0.163. The van der Waals surface area contributed by atoms with Gasteiger partial charge in [-0.25, -0.2) is 9.97 Å². The SMILES string of the molecule is N#CCN1CCC[C@H]1c1cccc(Nc2nc(C(=O)NCc3ccccn3)cs2)n1. The maximum absolute atomic E-state index is 12.3. The molecule has 1 aliphatic rings. The van der Waals surface area contributed by atoms with Crippen LogP contribution in [0.2, 0.25) is 0 Å². The van der Waals surface area contributed by atoms with E-state index in [0.29, 0.717) is 29.7 Å². The third-order valence-corrected chi connectivity index (χ3v) is 5.64. The lowest BCUT2D eigenvalue weighted by molar-refractivity contribution is 0.0946. The number of carbonyl (C=O) groups is 1. The highest BCUT2D eigenvalue weighted by atomic mass is 32.1. The van der Waals surface area contributed by atoms with E-state index in [2.05, 4.69) is 31.6 Å². The molecule has 152 valence electrons. The Morgan fingerprint density at radius 2 is 2.20 bits per heavy atom. The normalized spacial score (nSPS) is 16.2. The molecule has 0 aromatic carbocycles. The van der Waals surface area contributed by atoms with Crippen molar-refractivity contribution in [2.45, 2.75) is 25.4 Å². The number of aromatic nitrogens is 3. The molecule has 0 bridgehead atoms. The molecule has 1 aliphatic heterocycles. The van der Waals surface area contributed by atoms with Crippen LogP contribution in [0.5, 0.6) is 0 Å². The molecule has 1 fully saturated rings. The fourth-order valence-corrected chi connectivity index (χ4v) is 4.15. The minimum Gasteiger partial charge on any atom is -0.345 e. The molecule has 2 N–H and O–H groups in total. The summed E-state index contributed by atoms with van der Waals surface area (Å²) in [6.07, 6.45) is 3.75. The van der Waals surface area contributed by atoms with Gasteiger partial charge in [-0.2, -0.15) is 5.26 Å². The van der Waals surface area contributed by atoms with E-state index in [1.165, 1.54) is 11.3 Å². The lowest BCUT2D eigenvalue weighted by Gasteiger charge is -2.21. The van der Waals surface area contributed by atoms with Crippen LogP contribution < -0.4 is 10.6 Å². The number of hydrogen-bond acceptors (Lipinski definition) is 8. The van der Waals surface area contributed by atoms with Crippen molar-refractivity contribution in [1.29, 1.82) is 5.26 Å². The number of pyridine rings is 2. The van der Waals surface area contributed by atoms with Crippen molar-refractivity contribution < 1.29 is 4.79 Å². The molecule has 0 unspecified atom stereocenters. The molecule has 9 heteroatoms. The highest BCUT2D eigenvalue weighted by molar-refractivity contribution is 7.14. The molecular weight excluding hydrogens is 398 g/mol. The maximum atomic E-state index is 12.3. The number of nitriles is 1. The van der Waals surface area contributed by atoms with E-state index in [0.717, 1.165) is 30.8 Å². The van der Waals surface area contributed by atoms with E-state index in [9.17, 15) is 4.79 Å². The van der Waals surface area contributed by atoms with Gasteiger partial charge in [0, 0.05) is 11.6 Å². The van der Waals surface area contributed by atoms with Crippen molar-refractivity contribution in [2.24, 2.45) is 0 Å². The summed E-state index contributed by atoms with van der Waals surface area (Å²) in [6, 6.07) is 13.8. The zero-order valence-corrected chi connectivity index (χ0v) is 17.1. The van der Waals surface area contributed by atoms with Gasteiger partial charge in [-0.15, -0.1) is 11.3 Å². The predicted molar refractivity (Wildman–Crippen MR) is 114 cm³/mol. The summed E-state index contributed by atoms with van der Waals surface area (Å²) in [5, 5.41) is 17.3. The molecule has 30 heavy (non-hydrogen) atoms. The van der Waals surface area contributed by atoms with Crippen molar-refractivity contribution in [1.82, 2.24) is 25.2 Å². The fourth-order valence-electron chi connectivity index (χ4n) is 3.46. The molecule has 0 aliphatic carbocycles. The first-order valence-electron chi connectivity index (χ1n) is 9.71. The smallest absolute Gasteiger partial charge is 0.271 e. The van der Waals surface area contributed by atoms with Crippen LogP contribution in [0.3, 0.4) is 0 Å².